The minimum absolute atomic E-state index is 0.126. The Bertz CT molecular complexity index is 482. The first kappa shape index (κ1) is 13.2. The summed E-state index contributed by atoms with van der Waals surface area (Å²) in [6, 6.07) is 8.55. The van der Waals surface area contributed by atoms with E-state index in [0.717, 1.165) is 11.6 Å². The zero-order valence-electron chi connectivity index (χ0n) is 10.8. The standard InChI is InChI=1S/C14H19N3S/c1-3-12(15)13(18-14-16-8-9-17-14)11-7-5-4-6-10(11)2/h4-9,12-13H,3,15H2,1-2H3,(H,16,17). The number of nitrogens with zero attached hydrogens (tertiary/aromatic N) is 1. The number of nitrogens with two attached hydrogens (primary N) is 1. The summed E-state index contributed by atoms with van der Waals surface area (Å²) in [7, 11) is 0. The molecule has 2 unspecified atom stereocenters. The maximum absolute atomic E-state index is 6.27. The zero-order valence-corrected chi connectivity index (χ0v) is 11.6. The second-order valence-electron chi connectivity index (χ2n) is 4.36. The van der Waals surface area contributed by atoms with Crippen molar-refractivity contribution < 1.29 is 0 Å². The Morgan fingerprint density at radius 3 is 2.78 bits per heavy atom. The van der Waals surface area contributed by atoms with Gasteiger partial charge in [-0.3, -0.25) is 0 Å². The number of aromatic amines is 1. The molecule has 2 aromatic rings. The van der Waals surface area contributed by atoms with Crippen LogP contribution in [0.3, 0.4) is 0 Å². The van der Waals surface area contributed by atoms with Gasteiger partial charge in [0, 0.05) is 18.4 Å². The van der Waals surface area contributed by atoms with Crippen LogP contribution >= 0.6 is 11.8 Å². The summed E-state index contributed by atoms with van der Waals surface area (Å²) in [4.78, 5) is 7.41. The lowest BCUT2D eigenvalue weighted by molar-refractivity contribution is 0.631. The van der Waals surface area contributed by atoms with Crippen LogP contribution in [0, 0.1) is 6.92 Å². The number of nitrogens with one attached hydrogen (secondary N) is 1. The number of rotatable bonds is 5. The van der Waals surface area contributed by atoms with Gasteiger partial charge >= 0.3 is 0 Å². The van der Waals surface area contributed by atoms with Gasteiger partial charge in [-0.25, -0.2) is 4.98 Å². The summed E-state index contributed by atoms with van der Waals surface area (Å²) in [5.41, 5.74) is 8.85. The van der Waals surface area contributed by atoms with Gasteiger partial charge in [0.2, 0.25) is 0 Å². The highest BCUT2D eigenvalue weighted by atomic mass is 32.2. The Morgan fingerprint density at radius 2 is 2.17 bits per heavy atom. The van der Waals surface area contributed by atoms with E-state index in [1.165, 1.54) is 11.1 Å². The van der Waals surface area contributed by atoms with Gasteiger partial charge in [0.1, 0.15) is 0 Å². The fraction of sp³-hybridized carbons (Fsp3) is 0.357. The predicted octanol–water partition coefficient (Wildman–Crippen LogP) is 3.29. The lowest BCUT2D eigenvalue weighted by atomic mass is 10.00. The summed E-state index contributed by atoms with van der Waals surface area (Å²) in [5.74, 6) is 0. The number of aromatic nitrogens is 2. The Balaban J connectivity index is 2.28. The van der Waals surface area contributed by atoms with E-state index in [2.05, 4.69) is 48.1 Å². The molecule has 0 amide bonds. The lowest BCUT2D eigenvalue weighted by Crippen LogP contribution is -2.26. The number of thioether (sulfide) groups is 1. The van der Waals surface area contributed by atoms with Crippen molar-refractivity contribution in [3.05, 3.63) is 47.8 Å². The van der Waals surface area contributed by atoms with Crippen LogP contribution in [0.4, 0.5) is 0 Å². The fourth-order valence-electron chi connectivity index (χ4n) is 1.94. The van der Waals surface area contributed by atoms with Gasteiger partial charge < -0.3 is 10.7 Å². The summed E-state index contributed by atoms with van der Waals surface area (Å²) in [5, 5.41) is 1.16. The minimum Gasteiger partial charge on any atom is -0.340 e. The summed E-state index contributed by atoms with van der Waals surface area (Å²) in [6.45, 7) is 4.26. The highest BCUT2D eigenvalue weighted by Crippen LogP contribution is 2.37. The van der Waals surface area contributed by atoms with Gasteiger partial charge in [-0.15, -0.1) is 0 Å². The highest BCUT2D eigenvalue weighted by Gasteiger charge is 2.22. The van der Waals surface area contributed by atoms with E-state index in [1.807, 2.05) is 6.20 Å². The van der Waals surface area contributed by atoms with Crippen molar-refractivity contribution in [1.29, 1.82) is 0 Å². The van der Waals surface area contributed by atoms with Crippen LogP contribution in [0.1, 0.15) is 29.7 Å². The number of imidazole rings is 1. The normalized spacial score (nSPS) is 14.4. The maximum atomic E-state index is 6.27. The molecule has 0 aliphatic carbocycles. The molecule has 1 heterocycles. The molecule has 1 aromatic carbocycles. The Hall–Kier alpha value is -1.26. The van der Waals surface area contributed by atoms with E-state index in [4.69, 9.17) is 5.73 Å². The first-order valence-electron chi connectivity index (χ1n) is 6.19. The Labute approximate surface area is 112 Å². The van der Waals surface area contributed by atoms with Crippen molar-refractivity contribution in [3.8, 4) is 0 Å². The summed E-state index contributed by atoms with van der Waals surface area (Å²) < 4.78 is 0. The molecule has 0 bridgehead atoms. The van der Waals surface area contributed by atoms with Gasteiger partial charge in [-0.1, -0.05) is 43.0 Å². The van der Waals surface area contributed by atoms with Crippen molar-refractivity contribution in [1.82, 2.24) is 9.97 Å². The van der Waals surface area contributed by atoms with Gasteiger partial charge in [-0.05, 0) is 24.5 Å². The van der Waals surface area contributed by atoms with Gasteiger partial charge in [0.15, 0.2) is 5.16 Å². The topological polar surface area (TPSA) is 54.7 Å². The molecule has 0 aliphatic rings. The molecular weight excluding hydrogens is 242 g/mol. The molecule has 3 N–H and O–H groups in total. The van der Waals surface area contributed by atoms with Crippen molar-refractivity contribution in [2.75, 3.05) is 0 Å². The first-order chi connectivity index (χ1) is 8.72. The molecular formula is C14H19N3S. The molecule has 0 fully saturated rings. The molecule has 1 aromatic heterocycles. The molecule has 3 nitrogen and oxygen atoms in total. The molecule has 2 rings (SSSR count). The second-order valence-corrected chi connectivity index (χ2v) is 5.49. The number of hydrogen-bond donors (Lipinski definition) is 2. The van der Waals surface area contributed by atoms with E-state index in [-0.39, 0.29) is 11.3 Å². The first-order valence-corrected chi connectivity index (χ1v) is 7.07. The number of aryl methyl sites for hydroxylation is 1. The molecule has 96 valence electrons. The third-order valence-electron chi connectivity index (χ3n) is 3.07. The van der Waals surface area contributed by atoms with E-state index >= 15 is 0 Å². The van der Waals surface area contributed by atoms with E-state index < -0.39 is 0 Å². The largest absolute Gasteiger partial charge is 0.340 e. The summed E-state index contributed by atoms with van der Waals surface area (Å²) >= 11 is 1.70. The van der Waals surface area contributed by atoms with Crippen LogP contribution in [-0.4, -0.2) is 16.0 Å². The third-order valence-corrected chi connectivity index (χ3v) is 4.37. The smallest absolute Gasteiger partial charge is 0.165 e. The van der Waals surface area contributed by atoms with E-state index in [9.17, 15) is 0 Å². The monoisotopic (exact) mass is 261 g/mol. The SMILES string of the molecule is CCC(N)C(Sc1ncc[nH]1)c1ccccc1C. The second kappa shape index (κ2) is 6.07. The van der Waals surface area contributed by atoms with Crippen molar-refractivity contribution in [3.63, 3.8) is 0 Å². The van der Waals surface area contributed by atoms with Crippen LogP contribution in [0.15, 0.2) is 41.8 Å². The maximum Gasteiger partial charge on any atom is 0.165 e. The average Bonchev–Trinajstić information content (AvgIpc) is 2.89. The van der Waals surface area contributed by atoms with Crippen LogP contribution < -0.4 is 5.73 Å². The van der Waals surface area contributed by atoms with Gasteiger partial charge in [0.25, 0.3) is 0 Å². The zero-order chi connectivity index (χ0) is 13.0. The van der Waals surface area contributed by atoms with Crippen molar-refractivity contribution >= 4 is 11.8 Å². The quantitative estimate of drug-likeness (QED) is 0.812. The molecule has 18 heavy (non-hydrogen) atoms. The average molecular weight is 261 g/mol. The van der Waals surface area contributed by atoms with Gasteiger partial charge in [0.05, 0.1) is 5.25 Å². The van der Waals surface area contributed by atoms with Crippen LogP contribution in [0.25, 0.3) is 0 Å². The number of H-pyrrole nitrogens is 1. The summed E-state index contributed by atoms with van der Waals surface area (Å²) in [6.07, 6.45) is 4.57. The Kier molecular flexibility index (Phi) is 4.44. The molecule has 0 radical (unpaired) electrons. The van der Waals surface area contributed by atoms with Crippen molar-refractivity contribution in [2.45, 2.75) is 36.7 Å². The third kappa shape index (κ3) is 2.94. The minimum atomic E-state index is 0.126. The molecule has 0 saturated heterocycles. The molecule has 0 spiro atoms. The van der Waals surface area contributed by atoms with Crippen LogP contribution in [-0.2, 0) is 0 Å². The number of hydrogen-bond acceptors (Lipinski definition) is 3. The highest BCUT2D eigenvalue weighted by molar-refractivity contribution is 7.99. The van der Waals surface area contributed by atoms with Gasteiger partial charge in [-0.2, -0.15) is 0 Å². The van der Waals surface area contributed by atoms with Crippen LogP contribution in [0.2, 0.25) is 0 Å². The number of benzene rings is 1. The molecule has 2 atom stereocenters. The lowest BCUT2D eigenvalue weighted by Gasteiger charge is -2.23. The van der Waals surface area contributed by atoms with Crippen molar-refractivity contribution in [2.24, 2.45) is 5.73 Å². The Morgan fingerprint density at radius 1 is 1.39 bits per heavy atom. The van der Waals surface area contributed by atoms with Crippen LogP contribution in [0.5, 0.6) is 0 Å². The molecule has 0 saturated carbocycles. The van der Waals surface area contributed by atoms with E-state index in [0.29, 0.717) is 0 Å². The molecule has 0 aliphatic heterocycles. The fourth-order valence-corrected chi connectivity index (χ4v) is 3.19. The van der Waals surface area contributed by atoms with E-state index in [1.54, 1.807) is 18.0 Å². The molecule has 4 heteroatoms. The predicted molar refractivity (Wildman–Crippen MR) is 76.6 cm³/mol.